The van der Waals surface area contributed by atoms with E-state index in [-0.39, 0.29) is 36.1 Å². The van der Waals surface area contributed by atoms with E-state index in [1.807, 2.05) is 12.1 Å². The topological polar surface area (TPSA) is 84.5 Å². The highest BCUT2D eigenvalue weighted by Gasteiger charge is 2.14. The quantitative estimate of drug-likeness (QED) is 0.747. The summed E-state index contributed by atoms with van der Waals surface area (Å²) in [5.74, 6) is 0.272. The lowest BCUT2D eigenvalue weighted by atomic mass is 10.2. The maximum Gasteiger partial charge on any atom is 0.289 e. The molecule has 0 aliphatic carbocycles. The van der Waals surface area contributed by atoms with E-state index in [4.69, 9.17) is 4.42 Å². The predicted molar refractivity (Wildman–Crippen MR) is 102 cm³/mol. The summed E-state index contributed by atoms with van der Waals surface area (Å²) in [6, 6.07) is 12.0. The summed E-state index contributed by atoms with van der Waals surface area (Å²) in [4.78, 5) is 37.7. The lowest BCUT2D eigenvalue weighted by molar-refractivity contribution is -0.121. The summed E-state index contributed by atoms with van der Waals surface area (Å²) in [7, 11) is 3.28. The van der Waals surface area contributed by atoms with E-state index in [0.717, 1.165) is 5.52 Å². The molecule has 2 aromatic heterocycles. The highest BCUT2D eigenvalue weighted by molar-refractivity contribution is 5.91. The maximum atomic E-state index is 12.4. The number of carbonyl (C=O) groups is 2. The van der Waals surface area contributed by atoms with E-state index >= 15 is 0 Å². The lowest BCUT2D eigenvalue weighted by Crippen LogP contribution is -2.28. The Bertz CT molecular complexity index is 1060. The number of rotatable bonds is 5. The highest BCUT2D eigenvalue weighted by atomic mass is 16.4. The number of pyridine rings is 1. The summed E-state index contributed by atoms with van der Waals surface area (Å²) in [5.41, 5.74) is 1.37. The standard InChI is InChI=1S/C20H21N3O4/c1-13-10-17(24)15-6-4-5-7-16(15)23(13)12-19(25)21-11-14-8-9-18(27-14)20(26)22(2)3/h4-10H,11-12H2,1-3H3,(H,21,25). The van der Waals surface area contributed by atoms with Crippen molar-refractivity contribution in [1.82, 2.24) is 14.8 Å². The average molecular weight is 367 g/mol. The zero-order valence-corrected chi connectivity index (χ0v) is 15.5. The van der Waals surface area contributed by atoms with Crippen LogP contribution >= 0.6 is 0 Å². The van der Waals surface area contributed by atoms with E-state index in [1.54, 1.807) is 49.9 Å². The third kappa shape index (κ3) is 3.92. The number of fused-ring (bicyclic) bond motifs is 1. The van der Waals surface area contributed by atoms with Crippen LogP contribution in [-0.4, -0.2) is 35.4 Å². The lowest BCUT2D eigenvalue weighted by Gasteiger charge is -2.14. The van der Waals surface area contributed by atoms with Gasteiger partial charge in [0.2, 0.25) is 5.91 Å². The Morgan fingerprint density at radius 3 is 2.63 bits per heavy atom. The molecule has 0 atom stereocenters. The fourth-order valence-electron chi connectivity index (χ4n) is 2.86. The van der Waals surface area contributed by atoms with Crippen molar-refractivity contribution in [3.63, 3.8) is 0 Å². The molecule has 2 amide bonds. The molecule has 0 aliphatic rings. The molecule has 7 nitrogen and oxygen atoms in total. The van der Waals surface area contributed by atoms with Gasteiger partial charge in [-0.25, -0.2) is 0 Å². The second-order valence-corrected chi connectivity index (χ2v) is 6.50. The first-order chi connectivity index (χ1) is 12.9. The molecule has 0 bridgehead atoms. The SMILES string of the molecule is Cc1cc(=O)c2ccccc2n1CC(=O)NCc1ccc(C(=O)N(C)C)o1. The molecule has 1 N–H and O–H groups in total. The Kier molecular flexibility index (Phi) is 5.12. The molecule has 0 radical (unpaired) electrons. The minimum Gasteiger partial charge on any atom is -0.454 e. The van der Waals surface area contributed by atoms with Crippen LogP contribution in [0.2, 0.25) is 0 Å². The molecule has 140 valence electrons. The van der Waals surface area contributed by atoms with Crippen LogP contribution in [0.25, 0.3) is 10.9 Å². The fraction of sp³-hybridized carbons (Fsp3) is 0.250. The monoisotopic (exact) mass is 367 g/mol. The van der Waals surface area contributed by atoms with Crippen LogP contribution in [0.4, 0.5) is 0 Å². The number of hydrogen-bond donors (Lipinski definition) is 1. The van der Waals surface area contributed by atoms with Gasteiger partial charge in [0.05, 0.1) is 12.1 Å². The average Bonchev–Trinajstić information content (AvgIpc) is 3.11. The minimum atomic E-state index is -0.233. The molecular formula is C20H21N3O4. The van der Waals surface area contributed by atoms with Crippen molar-refractivity contribution in [1.29, 1.82) is 0 Å². The van der Waals surface area contributed by atoms with Crippen molar-refractivity contribution in [3.05, 3.63) is 69.9 Å². The summed E-state index contributed by atoms with van der Waals surface area (Å²) in [6.07, 6.45) is 0. The Morgan fingerprint density at radius 2 is 1.89 bits per heavy atom. The molecule has 3 rings (SSSR count). The van der Waals surface area contributed by atoms with Crippen molar-refractivity contribution in [2.45, 2.75) is 20.0 Å². The molecule has 1 aromatic carbocycles. The number of amides is 2. The van der Waals surface area contributed by atoms with Gasteiger partial charge in [-0.2, -0.15) is 0 Å². The number of carbonyl (C=O) groups excluding carboxylic acids is 2. The third-order valence-electron chi connectivity index (χ3n) is 4.27. The zero-order valence-electron chi connectivity index (χ0n) is 15.5. The molecule has 0 fully saturated rings. The van der Waals surface area contributed by atoms with Gasteiger partial charge in [0.1, 0.15) is 12.3 Å². The molecule has 2 heterocycles. The minimum absolute atomic E-state index is 0.0616. The maximum absolute atomic E-state index is 12.4. The second kappa shape index (κ2) is 7.49. The van der Waals surface area contributed by atoms with Gasteiger partial charge < -0.3 is 19.2 Å². The number of nitrogens with zero attached hydrogens (tertiary/aromatic N) is 2. The van der Waals surface area contributed by atoms with Crippen molar-refractivity contribution in [2.75, 3.05) is 14.1 Å². The van der Waals surface area contributed by atoms with Gasteiger partial charge in [0.15, 0.2) is 11.2 Å². The number of para-hydroxylation sites is 1. The molecule has 27 heavy (non-hydrogen) atoms. The molecule has 7 heteroatoms. The molecule has 3 aromatic rings. The van der Waals surface area contributed by atoms with Gasteiger partial charge in [-0.15, -0.1) is 0 Å². The first kappa shape index (κ1) is 18.4. The Hall–Kier alpha value is -3.35. The van der Waals surface area contributed by atoms with E-state index < -0.39 is 0 Å². The normalized spacial score (nSPS) is 10.8. The molecule has 0 saturated heterocycles. The summed E-state index contributed by atoms with van der Waals surface area (Å²) in [5, 5.41) is 3.36. The summed E-state index contributed by atoms with van der Waals surface area (Å²) >= 11 is 0. The van der Waals surface area contributed by atoms with Gasteiger partial charge in [-0.3, -0.25) is 14.4 Å². The smallest absolute Gasteiger partial charge is 0.289 e. The number of aryl methyl sites for hydroxylation is 1. The van der Waals surface area contributed by atoms with Crippen LogP contribution in [0.15, 0.2) is 51.7 Å². The van der Waals surface area contributed by atoms with Crippen molar-refractivity contribution in [2.24, 2.45) is 0 Å². The third-order valence-corrected chi connectivity index (χ3v) is 4.27. The Labute approximate surface area is 156 Å². The Morgan fingerprint density at radius 1 is 1.15 bits per heavy atom. The van der Waals surface area contributed by atoms with Gasteiger partial charge in [0.25, 0.3) is 5.91 Å². The van der Waals surface area contributed by atoms with Crippen molar-refractivity contribution >= 4 is 22.7 Å². The summed E-state index contributed by atoms with van der Waals surface area (Å²) < 4.78 is 7.26. The van der Waals surface area contributed by atoms with E-state index in [0.29, 0.717) is 16.8 Å². The number of hydrogen-bond acceptors (Lipinski definition) is 4. The van der Waals surface area contributed by atoms with Crippen molar-refractivity contribution < 1.29 is 14.0 Å². The van der Waals surface area contributed by atoms with Crippen LogP contribution in [0.1, 0.15) is 22.0 Å². The zero-order chi connectivity index (χ0) is 19.6. The van der Waals surface area contributed by atoms with E-state index in [9.17, 15) is 14.4 Å². The highest BCUT2D eigenvalue weighted by Crippen LogP contribution is 2.13. The van der Waals surface area contributed by atoms with Gasteiger partial charge >= 0.3 is 0 Å². The number of aromatic nitrogens is 1. The van der Waals surface area contributed by atoms with E-state index in [2.05, 4.69) is 5.32 Å². The van der Waals surface area contributed by atoms with Crippen LogP contribution in [0, 0.1) is 6.92 Å². The first-order valence-electron chi connectivity index (χ1n) is 8.53. The second-order valence-electron chi connectivity index (χ2n) is 6.50. The number of furan rings is 1. The molecule has 0 unspecified atom stereocenters. The van der Waals surface area contributed by atoms with Crippen LogP contribution in [0.5, 0.6) is 0 Å². The fourth-order valence-corrected chi connectivity index (χ4v) is 2.86. The van der Waals surface area contributed by atoms with Crippen molar-refractivity contribution in [3.8, 4) is 0 Å². The van der Waals surface area contributed by atoms with Crippen LogP contribution in [-0.2, 0) is 17.9 Å². The molecular weight excluding hydrogens is 346 g/mol. The molecule has 0 spiro atoms. The first-order valence-corrected chi connectivity index (χ1v) is 8.53. The molecule has 0 saturated carbocycles. The number of nitrogens with one attached hydrogen (secondary N) is 1. The molecule has 0 aliphatic heterocycles. The largest absolute Gasteiger partial charge is 0.454 e. The van der Waals surface area contributed by atoms with Crippen LogP contribution in [0.3, 0.4) is 0 Å². The number of benzene rings is 1. The van der Waals surface area contributed by atoms with Gasteiger partial charge in [-0.05, 0) is 31.2 Å². The predicted octanol–water partition coefficient (Wildman–Crippen LogP) is 1.92. The van der Waals surface area contributed by atoms with E-state index in [1.165, 1.54) is 11.0 Å². The van der Waals surface area contributed by atoms with Gasteiger partial charge in [0, 0.05) is 31.2 Å². The Balaban J connectivity index is 1.71. The summed E-state index contributed by atoms with van der Waals surface area (Å²) in [6.45, 7) is 2.06. The van der Waals surface area contributed by atoms with Crippen LogP contribution < -0.4 is 10.7 Å². The van der Waals surface area contributed by atoms with Gasteiger partial charge in [-0.1, -0.05) is 12.1 Å².